The van der Waals surface area contributed by atoms with Gasteiger partial charge in [0.25, 0.3) is 5.91 Å². The van der Waals surface area contributed by atoms with Gasteiger partial charge in [-0.1, -0.05) is 6.07 Å². The number of carbonyl (C=O) groups is 1. The Morgan fingerprint density at radius 2 is 2.12 bits per heavy atom. The summed E-state index contributed by atoms with van der Waals surface area (Å²) in [4.78, 5) is 19.8. The van der Waals surface area contributed by atoms with Crippen molar-refractivity contribution in [2.75, 3.05) is 19.8 Å². The van der Waals surface area contributed by atoms with Gasteiger partial charge in [-0.3, -0.25) is 4.79 Å². The van der Waals surface area contributed by atoms with Gasteiger partial charge in [0.05, 0.1) is 16.6 Å². The van der Waals surface area contributed by atoms with E-state index >= 15 is 0 Å². The minimum atomic E-state index is -0.313. The number of amides is 1. The fourth-order valence-corrected chi connectivity index (χ4v) is 2.80. The number of carbonyl (C=O) groups excluding carboxylic acids is 1. The molecule has 6 nitrogen and oxygen atoms in total. The Hall–Kier alpha value is -3.09. The molecule has 2 N–H and O–H groups in total. The molecular weight excluding hydrogens is 325 g/mol. The number of benzene rings is 2. The number of aromatic amines is 1. The quantitative estimate of drug-likeness (QED) is 0.764. The van der Waals surface area contributed by atoms with E-state index in [-0.39, 0.29) is 11.7 Å². The minimum absolute atomic E-state index is 0.232. The molecule has 0 spiro atoms. The van der Waals surface area contributed by atoms with E-state index in [1.54, 1.807) is 24.3 Å². The summed E-state index contributed by atoms with van der Waals surface area (Å²) >= 11 is 0. The van der Waals surface area contributed by atoms with Crippen molar-refractivity contribution < 1.29 is 18.7 Å². The molecule has 2 aromatic carbocycles. The molecule has 4 rings (SSSR count). The molecule has 0 atom stereocenters. The van der Waals surface area contributed by atoms with Crippen molar-refractivity contribution in [2.24, 2.45) is 0 Å². The van der Waals surface area contributed by atoms with E-state index in [0.717, 1.165) is 0 Å². The van der Waals surface area contributed by atoms with E-state index in [2.05, 4.69) is 15.3 Å². The normalized spacial score (nSPS) is 13.0. The van der Waals surface area contributed by atoms with E-state index < -0.39 is 0 Å². The Morgan fingerprint density at radius 3 is 3.04 bits per heavy atom. The summed E-state index contributed by atoms with van der Waals surface area (Å²) in [6.45, 7) is 1.29. The van der Waals surface area contributed by atoms with Crippen LogP contribution in [-0.4, -0.2) is 35.6 Å². The first kappa shape index (κ1) is 15.4. The first-order valence-corrected chi connectivity index (χ1v) is 8.02. The predicted octanol–water partition coefficient (Wildman–Crippen LogP) is 2.45. The van der Waals surface area contributed by atoms with Gasteiger partial charge in [0.2, 0.25) is 0 Å². The van der Waals surface area contributed by atoms with E-state index in [9.17, 15) is 9.18 Å². The highest BCUT2D eigenvalue weighted by atomic mass is 19.1. The van der Waals surface area contributed by atoms with Crippen molar-refractivity contribution in [3.63, 3.8) is 0 Å². The highest BCUT2D eigenvalue weighted by Gasteiger charge is 2.20. The molecule has 0 fully saturated rings. The van der Waals surface area contributed by atoms with Crippen LogP contribution in [0.3, 0.4) is 0 Å². The Labute approximate surface area is 143 Å². The first-order valence-electron chi connectivity index (χ1n) is 8.02. The predicted molar refractivity (Wildman–Crippen MR) is 89.5 cm³/mol. The lowest BCUT2D eigenvalue weighted by molar-refractivity contribution is 0.0943. The summed E-state index contributed by atoms with van der Waals surface area (Å²) in [5, 5.41) is 2.84. The van der Waals surface area contributed by atoms with Crippen molar-refractivity contribution >= 4 is 16.9 Å². The van der Waals surface area contributed by atoms with Gasteiger partial charge in [0.1, 0.15) is 24.9 Å². The molecular formula is C18H16FN3O3. The number of ether oxygens (including phenoxy) is 2. The molecule has 1 aliphatic rings. The van der Waals surface area contributed by atoms with Crippen LogP contribution < -0.4 is 14.8 Å². The van der Waals surface area contributed by atoms with E-state index in [1.807, 2.05) is 0 Å². The number of fused-ring (bicyclic) bond motifs is 2. The van der Waals surface area contributed by atoms with Crippen LogP contribution in [0.25, 0.3) is 11.0 Å². The summed E-state index contributed by atoms with van der Waals surface area (Å²) < 4.78 is 24.2. The van der Waals surface area contributed by atoms with Crippen LogP contribution in [-0.2, 0) is 6.42 Å². The Morgan fingerprint density at radius 1 is 1.24 bits per heavy atom. The van der Waals surface area contributed by atoms with E-state index in [1.165, 1.54) is 12.1 Å². The lowest BCUT2D eigenvalue weighted by Gasteiger charge is -2.20. The van der Waals surface area contributed by atoms with Gasteiger partial charge < -0.3 is 19.8 Å². The fraction of sp³-hybridized carbons (Fsp3) is 0.222. The molecule has 0 saturated heterocycles. The van der Waals surface area contributed by atoms with Gasteiger partial charge in [-0.2, -0.15) is 0 Å². The largest absolute Gasteiger partial charge is 0.486 e. The second-order valence-electron chi connectivity index (χ2n) is 5.68. The third-order valence-corrected chi connectivity index (χ3v) is 3.95. The summed E-state index contributed by atoms with van der Waals surface area (Å²) in [6.07, 6.45) is 0.508. The van der Waals surface area contributed by atoms with Crippen LogP contribution in [0, 0.1) is 5.82 Å². The monoisotopic (exact) mass is 341 g/mol. The Bertz CT molecular complexity index is 938. The van der Waals surface area contributed by atoms with Crippen LogP contribution in [0.15, 0.2) is 36.4 Å². The minimum Gasteiger partial charge on any atom is -0.486 e. The molecule has 0 unspecified atom stereocenters. The van der Waals surface area contributed by atoms with Crippen LogP contribution in [0.1, 0.15) is 16.2 Å². The van der Waals surface area contributed by atoms with Gasteiger partial charge in [-0.25, -0.2) is 9.37 Å². The van der Waals surface area contributed by atoms with E-state index in [0.29, 0.717) is 60.1 Å². The zero-order valence-electron chi connectivity index (χ0n) is 13.3. The number of rotatable bonds is 4. The van der Waals surface area contributed by atoms with Crippen molar-refractivity contribution in [2.45, 2.75) is 6.42 Å². The number of imidazole rings is 1. The van der Waals surface area contributed by atoms with Gasteiger partial charge >= 0.3 is 0 Å². The number of nitrogens with one attached hydrogen (secondary N) is 2. The lowest BCUT2D eigenvalue weighted by Crippen LogP contribution is -2.27. The molecule has 0 bridgehead atoms. The molecule has 3 aromatic rings. The average molecular weight is 341 g/mol. The van der Waals surface area contributed by atoms with Crippen LogP contribution in [0.5, 0.6) is 11.5 Å². The molecule has 1 aromatic heterocycles. The fourth-order valence-electron chi connectivity index (χ4n) is 2.80. The third-order valence-electron chi connectivity index (χ3n) is 3.95. The number of para-hydroxylation sites is 1. The van der Waals surface area contributed by atoms with Gasteiger partial charge in [-0.05, 0) is 30.3 Å². The average Bonchev–Trinajstić information content (AvgIpc) is 3.03. The topological polar surface area (TPSA) is 76.2 Å². The Kier molecular flexibility index (Phi) is 3.97. The third kappa shape index (κ3) is 3.13. The summed E-state index contributed by atoms with van der Waals surface area (Å²) in [5.41, 5.74) is 1.79. The zero-order valence-corrected chi connectivity index (χ0v) is 13.3. The zero-order chi connectivity index (χ0) is 17.2. The smallest absolute Gasteiger partial charge is 0.255 e. The number of hydrogen-bond donors (Lipinski definition) is 2. The Balaban J connectivity index is 1.42. The van der Waals surface area contributed by atoms with Gasteiger partial charge in [0.15, 0.2) is 11.5 Å². The maximum atomic E-state index is 13.2. The maximum Gasteiger partial charge on any atom is 0.255 e. The van der Waals surface area contributed by atoms with E-state index in [4.69, 9.17) is 9.47 Å². The van der Waals surface area contributed by atoms with Crippen LogP contribution >= 0.6 is 0 Å². The summed E-state index contributed by atoms with van der Waals surface area (Å²) in [5.74, 6) is 1.20. The molecule has 7 heteroatoms. The molecule has 1 aliphatic heterocycles. The van der Waals surface area contributed by atoms with Crippen molar-refractivity contribution in [3.8, 4) is 11.5 Å². The molecule has 1 amide bonds. The molecule has 25 heavy (non-hydrogen) atoms. The van der Waals surface area contributed by atoms with Gasteiger partial charge in [0, 0.05) is 13.0 Å². The summed E-state index contributed by atoms with van der Waals surface area (Å²) in [6, 6.07) is 9.63. The van der Waals surface area contributed by atoms with Crippen molar-refractivity contribution in [3.05, 3.63) is 53.6 Å². The second kappa shape index (κ2) is 6.43. The maximum absolute atomic E-state index is 13.2. The second-order valence-corrected chi connectivity index (χ2v) is 5.68. The first-order chi connectivity index (χ1) is 12.2. The SMILES string of the molecule is O=C(NCCc1nc2ccc(F)cc2[nH]1)c1cccc2c1OCCO2. The molecule has 2 heterocycles. The van der Waals surface area contributed by atoms with Gasteiger partial charge in [-0.15, -0.1) is 0 Å². The van der Waals surface area contributed by atoms with Crippen LogP contribution in [0.2, 0.25) is 0 Å². The number of hydrogen-bond acceptors (Lipinski definition) is 4. The molecule has 0 saturated carbocycles. The van der Waals surface area contributed by atoms with Crippen molar-refractivity contribution in [1.29, 1.82) is 0 Å². The van der Waals surface area contributed by atoms with Crippen molar-refractivity contribution in [1.82, 2.24) is 15.3 Å². The number of nitrogens with zero attached hydrogens (tertiary/aromatic N) is 1. The molecule has 0 aliphatic carbocycles. The highest BCUT2D eigenvalue weighted by molar-refractivity contribution is 5.97. The number of H-pyrrole nitrogens is 1. The standard InChI is InChI=1S/C18H16FN3O3/c19-11-4-5-13-14(10-11)22-16(21-13)6-7-20-18(23)12-2-1-3-15-17(12)25-9-8-24-15/h1-5,10H,6-9H2,(H,20,23)(H,21,22). The van der Waals surface area contributed by atoms with Crippen LogP contribution in [0.4, 0.5) is 4.39 Å². The summed E-state index contributed by atoms with van der Waals surface area (Å²) in [7, 11) is 0. The molecule has 0 radical (unpaired) electrons. The number of halogens is 1. The number of aromatic nitrogens is 2. The lowest BCUT2D eigenvalue weighted by atomic mass is 10.1. The highest BCUT2D eigenvalue weighted by Crippen LogP contribution is 2.33. The molecule has 128 valence electrons.